The van der Waals surface area contributed by atoms with Gasteiger partial charge in [0.25, 0.3) is 0 Å². The summed E-state index contributed by atoms with van der Waals surface area (Å²) in [7, 11) is 0. The second-order valence-electron chi connectivity index (χ2n) is 8.58. The number of nitrogens with one attached hydrogen (secondary N) is 2. The third kappa shape index (κ3) is 4.42. The van der Waals surface area contributed by atoms with Crippen molar-refractivity contribution in [2.24, 2.45) is 10.8 Å². The summed E-state index contributed by atoms with van der Waals surface area (Å²) in [6.45, 7) is 2.02. The van der Waals surface area contributed by atoms with Crippen LogP contribution in [-0.4, -0.2) is 54.2 Å². The van der Waals surface area contributed by atoms with Gasteiger partial charge in [-0.3, -0.25) is 9.59 Å². The summed E-state index contributed by atoms with van der Waals surface area (Å²) >= 11 is 0. The van der Waals surface area contributed by atoms with Crippen LogP contribution in [-0.2, 0) is 9.59 Å². The standard InChI is InChI=1S/C19H26F2N4O3/c1-17(20,21)10-13(14(26)11-18(12-22)2-3-18)24-16(28)25-8-5-19(6-9-25)4-7-23-15(19)27/h13H,2-11H2,1H3,(H,23,27)(H,24,28)/t13-/m0/s1. The molecule has 28 heavy (non-hydrogen) atoms. The van der Waals surface area contributed by atoms with Crippen LogP contribution < -0.4 is 10.6 Å². The molecule has 0 aromatic carbocycles. The monoisotopic (exact) mass is 396 g/mol. The highest BCUT2D eigenvalue weighted by atomic mass is 19.3. The number of rotatable bonds is 6. The summed E-state index contributed by atoms with van der Waals surface area (Å²) in [6.07, 6.45) is 2.02. The summed E-state index contributed by atoms with van der Waals surface area (Å²) in [5.74, 6) is -3.64. The molecule has 2 heterocycles. The maximum absolute atomic E-state index is 13.6. The number of likely N-dealkylation sites (tertiary alicyclic amines) is 1. The van der Waals surface area contributed by atoms with Crippen molar-refractivity contribution in [1.29, 1.82) is 5.26 Å². The minimum Gasteiger partial charge on any atom is -0.356 e. The molecule has 0 radical (unpaired) electrons. The molecule has 3 fully saturated rings. The maximum atomic E-state index is 13.6. The van der Waals surface area contributed by atoms with Crippen LogP contribution in [0.2, 0.25) is 0 Å². The minimum atomic E-state index is -3.12. The Hall–Kier alpha value is -2.24. The van der Waals surface area contributed by atoms with Crippen molar-refractivity contribution in [3.8, 4) is 6.07 Å². The number of piperidine rings is 1. The van der Waals surface area contributed by atoms with Crippen LogP contribution >= 0.6 is 0 Å². The molecule has 2 saturated heterocycles. The number of carbonyl (C=O) groups is 3. The fraction of sp³-hybridized carbons (Fsp3) is 0.789. The number of alkyl halides is 2. The first-order chi connectivity index (χ1) is 13.1. The molecule has 1 aliphatic carbocycles. The molecule has 2 aliphatic heterocycles. The van der Waals surface area contributed by atoms with E-state index in [1.54, 1.807) is 0 Å². The Morgan fingerprint density at radius 1 is 1.29 bits per heavy atom. The van der Waals surface area contributed by atoms with Gasteiger partial charge in [-0.25, -0.2) is 13.6 Å². The first kappa shape index (κ1) is 20.5. The zero-order valence-corrected chi connectivity index (χ0v) is 16.0. The quantitative estimate of drug-likeness (QED) is 0.717. The highest BCUT2D eigenvalue weighted by molar-refractivity contribution is 5.90. The first-order valence-electron chi connectivity index (χ1n) is 9.74. The zero-order valence-electron chi connectivity index (χ0n) is 16.0. The zero-order chi connectivity index (χ0) is 20.6. The lowest BCUT2D eigenvalue weighted by Crippen LogP contribution is -2.53. The molecular formula is C19H26F2N4O3. The number of hydrogen-bond donors (Lipinski definition) is 2. The Kier molecular flexibility index (Phi) is 5.34. The Morgan fingerprint density at radius 3 is 2.39 bits per heavy atom. The van der Waals surface area contributed by atoms with Gasteiger partial charge < -0.3 is 15.5 Å². The molecule has 0 bridgehead atoms. The Balaban J connectivity index is 1.60. The number of halogens is 2. The second kappa shape index (κ2) is 7.30. The molecule has 7 nitrogen and oxygen atoms in total. The number of nitriles is 1. The molecular weight excluding hydrogens is 370 g/mol. The van der Waals surface area contributed by atoms with E-state index in [-0.39, 0.29) is 12.3 Å². The van der Waals surface area contributed by atoms with E-state index in [1.165, 1.54) is 4.90 Å². The minimum absolute atomic E-state index is 0.0115. The molecule has 1 saturated carbocycles. The lowest BCUT2D eigenvalue weighted by atomic mass is 9.77. The molecule has 1 spiro atoms. The average Bonchev–Trinajstić information content (AvgIpc) is 3.32. The Bertz CT molecular complexity index is 701. The molecule has 3 rings (SSSR count). The van der Waals surface area contributed by atoms with Gasteiger partial charge in [0.15, 0.2) is 5.78 Å². The summed E-state index contributed by atoms with van der Waals surface area (Å²) < 4.78 is 27.1. The van der Waals surface area contributed by atoms with Gasteiger partial charge in [0, 0.05) is 32.5 Å². The third-order valence-corrected chi connectivity index (χ3v) is 6.23. The topological polar surface area (TPSA) is 102 Å². The van der Waals surface area contributed by atoms with Gasteiger partial charge >= 0.3 is 6.03 Å². The van der Waals surface area contributed by atoms with E-state index < -0.39 is 41.0 Å². The number of ketones is 1. The summed E-state index contributed by atoms with van der Waals surface area (Å²) in [6, 6.07) is 0.179. The normalized spacial score (nSPS) is 23.6. The van der Waals surface area contributed by atoms with Gasteiger partial charge in [-0.15, -0.1) is 0 Å². The number of Topliss-reactive ketones (excluding diaryl/α,β-unsaturated/α-hetero) is 1. The van der Waals surface area contributed by atoms with E-state index in [9.17, 15) is 23.2 Å². The van der Waals surface area contributed by atoms with Gasteiger partial charge in [-0.05, 0) is 39.0 Å². The molecule has 0 aromatic rings. The van der Waals surface area contributed by atoms with E-state index >= 15 is 0 Å². The summed E-state index contributed by atoms with van der Waals surface area (Å²) in [5.41, 5.74) is -1.19. The van der Waals surface area contributed by atoms with Gasteiger partial charge in [0.05, 0.1) is 22.9 Å². The van der Waals surface area contributed by atoms with E-state index in [0.717, 1.165) is 6.42 Å². The lowest BCUT2D eigenvalue weighted by molar-refractivity contribution is -0.129. The van der Waals surface area contributed by atoms with Crippen LogP contribution in [0.15, 0.2) is 0 Å². The van der Waals surface area contributed by atoms with Crippen LogP contribution in [0.25, 0.3) is 0 Å². The largest absolute Gasteiger partial charge is 0.356 e. The average molecular weight is 396 g/mol. The molecule has 1 atom stereocenters. The first-order valence-corrected chi connectivity index (χ1v) is 9.74. The van der Waals surface area contributed by atoms with Gasteiger partial charge in [-0.2, -0.15) is 5.26 Å². The third-order valence-electron chi connectivity index (χ3n) is 6.23. The lowest BCUT2D eigenvalue weighted by Gasteiger charge is -2.38. The van der Waals surface area contributed by atoms with Crippen LogP contribution in [0, 0.1) is 22.2 Å². The second-order valence-corrected chi connectivity index (χ2v) is 8.58. The number of nitrogens with zero attached hydrogens (tertiary/aromatic N) is 2. The van der Waals surface area contributed by atoms with E-state index in [4.69, 9.17) is 5.26 Å². The van der Waals surface area contributed by atoms with Gasteiger partial charge in [0.1, 0.15) is 0 Å². The highest BCUT2D eigenvalue weighted by Crippen LogP contribution is 2.48. The number of amides is 3. The number of carbonyl (C=O) groups excluding carboxylic acids is 3. The highest BCUT2D eigenvalue weighted by Gasteiger charge is 2.48. The van der Waals surface area contributed by atoms with E-state index in [0.29, 0.717) is 52.2 Å². The summed E-state index contributed by atoms with van der Waals surface area (Å²) in [5, 5.41) is 14.4. The van der Waals surface area contributed by atoms with Crippen molar-refractivity contribution in [1.82, 2.24) is 15.5 Å². The molecule has 9 heteroatoms. The summed E-state index contributed by atoms with van der Waals surface area (Å²) in [4.78, 5) is 38.6. The number of hydrogen-bond acceptors (Lipinski definition) is 4. The van der Waals surface area contributed by atoms with Crippen LogP contribution in [0.3, 0.4) is 0 Å². The fourth-order valence-electron chi connectivity index (χ4n) is 4.11. The molecule has 0 unspecified atom stereocenters. The molecule has 3 aliphatic rings. The molecule has 3 amide bonds. The number of urea groups is 1. The van der Waals surface area contributed by atoms with Gasteiger partial charge in [0.2, 0.25) is 11.8 Å². The van der Waals surface area contributed by atoms with Crippen molar-refractivity contribution < 1.29 is 23.2 Å². The predicted molar refractivity (Wildman–Crippen MR) is 95.3 cm³/mol. The Morgan fingerprint density at radius 2 is 1.93 bits per heavy atom. The van der Waals surface area contributed by atoms with Crippen molar-refractivity contribution in [3.05, 3.63) is 0 Å². The van der Waals surface area contributed by atoms with Gasteiger partial charge in [-0.1, -0.05) is 0 Å². The van der Waals surface area contributed by atoms with Crippen molar-refractivity contribution in [2.75, 3.05) is 19.6 Å². The van der Waals surface area contributed by atoms with Crippen LogP contribution in [0.1, 0.15) is 51.9 Å². The van der Waals surface area contributed by atoms with E-state index in [2.05, 4.69) is 16.7 Å². The maximum Gasteiger partial charge on any atom is 0.317 e. The molecule has 0 aromatic heterocycles. The Labute approximate surface area is 162 Å². The smallest absolute Gasteiger partial charge is 0.317 e. The predicted octanol–water partition coefficient (Wildman–Crippen LogP) is 1.97. The van der Waals surface area contributed by atoms with Crippen molar-refractivity contribution >= 4 is 17.7 Å². The SMILES string of the molecule is CC(F)(F)C[C@H](NC(=O)N1CCC2(CCNC2=O)CC1)C(=O)CC1(C#N)CC1. The van der Waals surface area contributed by atoms with Crippen LogP contribution in [0.4, 0.5) is 13.6 Å². The fourth-order valence-corrected chi connectivity index (χ4v) is 4.11. The molecule has 2 N–H and O–H groups in total. The van der Waals surface area contributed by atoms with Crippen molar-refractivity contribution in [3.63, 3.8) is 0 Å². The molecule has 154 valence electrons. The van der Waals surface area contributed by atoms with E-state index in [1.807, 2.05) is 0 Å². The van der Waals surface area contributed by atoms with Crippen molar-refractivity contribution in [2.45, 2.75) is 63.8 Å². The van der Waals surface area contributed by atoms with Crippen LogP contribution in [0.5, 0.6) is 0 Å².